The van der Waals surface area contributed by atoms with Crippen LogP contribution in [0.1, 0.15) is 77.8 Å². The molecular formula is C33H55N5. The minimum absolute atomic E-state index is 0.743. The lowest BCUT2D eigenvalue weighted by Gasteiger charge is -2.24. The molecule has 38 heavy (non-hydrogen) atoms. The highest BCUT2D eigenvalue weighted by molar-refractivity contribution is 5.66. The van der Waals surface area contributed by atoms with Gasteiger partial charge >= 0.3 is 0 Å². The number of nitrogens with one attached hydrogen (secondary N) is 2. The molecule has 2 aromatic rings. The smallest absolute Gasteiger partial charge is 0.126 e. The Morgan fingerprint density at radius 1 is 0.868 bits per heavy atom. The summed E-state index contributed by atoms with van der Waals surface area (Å²) in [6.07, 6.45) is 11.3. The molecule has 0 aliphatic rings. The van der Waals surface area contributed by atoms with E-state index in [0.29, 0.717) is 0 Å². The number of hydrogen-bond acceptors (Lipinski definition) is 5. The van der Waals surface area contributed by atoms with Gasteiger partial charge in [-0.2, -0.15) is 0 Å². The highest BCUT2D eigenvalue weighted by atomic mass is 15.1. The fourth-order valence-corrected chi connectivity index (χ4v) is 4.88. The van der Waals surface area contributed by atoms with Gasteiger partial charge in [-0.3, -0.25) is 0 Å². The van der Waals surface area contributed by atoms with Crippen molar-refractivity contribution in [3.8, 4) is 0 Å². The molecule has 2 N–H and O–H groups in total. The molecular weight excluding hydrogens is 466 g/mol. The van der Waals surface area contributed by atoms with E-state index in [4.69, 9.17) is 0 Å². The van der Waals surface area contributed by atoms with Gasteiger partial charge in [0.05, 0.1) is 0 Å². The molecule has 0 fully saturated rings. The normalized spacial score (nSPS) is 12.8. The van der Waals surface area contributed by atoms with Crippen LogP contribution in [0.3, 0.4) is 0 Å². The quantitative estimate of drug-likeness (QED) is 0.186. The number of aromatic nitrogens is 1. The first-order valence-electron chi connectivity index (χ1n) is 15.2. The predicted octanol–water partition coefficient (Wildman–Crippen LogP) is 6.94. The summed E-state index contributed by atoms with van der Waals surface area (Å²) in [4.78, 5) is 9.67. The van der Waals surface area contributed by atoms with Crippen molar-refractivity contribution in [1.29, 1.82) is 0 Å². The third kappa shape index (κ3) is 12.9. The first-order chi connectivity index (χ1) is 18.6. The SMILES string of the molecule is CCC=C(NCCN(CCC)CCC(C)CCc1ccccc1)c1ccnc(NCCN(CC)CCC)c1. The van der Waals surface area contributed by atoms with Crippen LogP contribution in [0.5, 0.6) is 0 Å². The Balaban J connectivity index is 1.82. The number of hydrogen-bond donors (Lipinski definition) is 2. The van der Waals surface area contributed by atoms with Crippen LogP contribution in [-0.4, -0.2) is 67.1 Å². The maximum Gasteiger partial charge on any atom is 0.126 e. The molecule has 5 nitrogen and oxygen atoms in total. The van der Waals surface area contributed by atoms with Crippen LogP contribution in [0.4, 0.5) is 5.82 Å². The molecule has 0 bridgehead atoms. The maximum absolute atomic E-state index is 4.57. The summed E-state index contributed by atoms with van der Waals surface area (Å²) in [6, 6.07) is 15.2. The minimum atomic E-state index is 0.743. The highest BCUT2D eigenvalue weighted by Crippen LogP contribution is 2.16. The molecule has 2 rings (SSSR count). The van der Waals surface area contributed by atoms with Crippen molar-refractivity contribution in [1.82, 2.24) is 20.1 Å². The first kappa shape index (κ1) is 31.8. The van der Waals surface area contributed by atoms with Crippen LogP contribution in [-0.2, 0) is 6.42 Å². The minimum Gasteiger partial charge on any atom is -0.384 e. The number of aryl methyl sites for hydroxylation is 1. The fraction of sp³-hybridized carbons (Fsp3) is 0.606. The van der Waals surface area contributed by atoms with E-state index >= 15 is 0 Å². The van der Waals surface area contributed by atoms with Crippen LogP contribution >= 0.6 is 0 Å². The van der Waals surface area contributed by atoms with Crippen molar-refractivity contribution >= 4 is 11.5 Å². The zero-order chi connectivity index (χ0) is 27.4. The predicted molar refractivity (Wildman–Crippen MR) is 167 cm³/mol. The van der Waals surface area contributed by atoms with Gasteiger partial charge in [0, 0.05) is 43.6 Å². The molecule has 1 atom stereocenters. The molecule has 1 aromatic carbocycles. The number of allylic oxidation sites excluding steroid dienone is 1. The molecule has 0 spiro atoms. The largest absolute Gasteiger partial charge is 0.384 e. The fourth-order valence-electron chi connectivity index (χ4n) is 4.88. The number of nitrogens with zero attached hydrogens (tertiary/aromatic N) is 3. The molecule has 0 saturated heterocycles. The summed E-state index contributed by atoms with van der Waals surface area (Å²) >= 11 is 0. The molecule has 212 valence electrons. The second-order valence-corrected chi connectivity index (χ2v) is 10.5. The number of pyridine rings is 1. The van der Waals surface area contributed by atoms with Gasteiger partial charge in [0.15, 0.2) is 0 Å². The molecule has 0 amide bonds. The number of benzene rings is 1. The van der Waals surface area contributed by atoms with E-state index in [-0.39, 0.29) is 0 Å². The molecule has 1 unspecified atom stereocenters. The average molecular weight is 522 g/mol. The Bertz CT molecular complexity index is 882. The van der Waals surface area contributed by atoms with E-state index < -0.39 is 0 Å². The van der Waals surface area contributed by atoms with Crippen molar-refractivity contribution in [3.63, 3.8) is 0 Å². The van der Waals surface area contributed by atoms with Gasteiger partial charge in [-0.25, -0.2) is 4.98 Å². The van der Waals surface area contributed by atoms with Gasteiger partial charge in [0.1, 0.15) is 5.82 Å². The third-order valence-corrected chi connectivity index (χ3v) is 7.19. The van der Waals surface area contributed by atoms with E-state index in [1.807, 2.05) is 6.20 Å². The van der Waals surface area contributed by atoms with Crippen molar-refractivity contribution in [2.75, 3.05) is 57.7 Å². The molecule has 1 aromatic heterocycles. The van der Waals surface area contributed by atoms with Crippen LogP contribution in [0, 0.1) is 5.92 Å². The zero-order valence-electron chi connectivity index (χ0n) is 25.0. The Morgan fingerprint density at radius 2 is 1.61 bits per heavy atom. The molecule has 5 heteroatoms. The van der Waals surface area contributed by atoms with Crippen molar-refractivity contribution in [2.24, 2.45) is 5.92 Å². The molecule has 0 saturated carbocycles. The van der Waals surface area contributed by atoms with E-state index in [1.54, 1.807) is 0 Å². The Kier molecular flexibility index (Phi) is 16.5. The van der Waals surface area contributed by atoms with E-state index in [2.05, 4.69) is 109 Å². The Morgan fingerprint density at radius 3 is 2.32 bits per heavy atom. The third-order valence-electron chi connectivity index (χ3n) is 7.19. The van der Waals surface area contributed by atoms with E-state index in [1.165, 1.54) is 55.5 Å². The first-order valence-corrected chi connectivity index (χ1v) is 15.2. The van der Waals surface area contributed by atoms with E-state index in [0.717, 1.165) is 64.0 Å². The maximum atomic E-state index is 4.57. The molecule has 0 aliphatic carbocycles. The van der Waals surface area contributed by atoms with Crippen molar-refractivity contribution < 1.29 is 0 Å². The monoisotopic (exact) mass is 521 g/mol. The van der Waals surface area contributed by atoms with Gasteiger partial charge in [0.2, 0.25) is 0 Å². The van der Waals surface area contributed by atoms with Crippen LogP contribution < -0.4 is 10.6 Å². The number of likely N-dealkylation sites (N-methyl/N-ethyl adjacent to an activating group) is 1. The van der Waals surface area contributed by atoms with Crippen molar-refractivity contribution in [2.45, 2.75) is 73.1 Å². The summed E-state index contributed by atoms with van der Waals surface area (Å²) in [5.41, 5.74) is 3.88. The van der Waals surface area contributed by atoms with Gasteiger partial charge in [-0.05, 0) is 88.3 Å². The van der Waals surface area contributed by atoms with Gasteiger partial charge in [-0.1, -0.05) is 71.0 Å². The van der Waals surface area contributed by atoms with E-state index in [9.17, 15) is 0 Å². The topological polar surface area (TPSA) is 43.4 Å². The van der Waals surface area contributed by atoms with Crippen LogP contribution in [0.2, 0.25) is 0 Å². The summed E-state index contributed by atoms with van der Waals surface area (Å²) < 4.78 is 0. The second kappa shape index (κ2) is 19.7. The molecule has 1 heterocycles. The summed E-state index contributed by atoms with van der Waals surface area (Å²) in [6.45, 7) is 19.9. The standard InChI is InChI=1S/C33H55N5/c1-6-13-32(31-18-20-35-33(28-31)36-22-26-37(9-4)23-7-2)34-21-27-38(24-8-3)25-19-29(5)16-17-30-14-11-10-12-15-30/h10-15,18,20,28-29,34H,6-9,16-17,19,21-27H2,1-5H3,(H,35,36). The summed E-state index contributed by atoms with van der Waals surface area (Å²) in [5, 5.41) is 7.27. The Hall–Kier alpha value is -2.37. The second-order valence-electron chi connectivity index (χ2n) is 10.5. The van der Waals surface area contributed by atoms with Gasteiger partial charge in [0.25, 0.3) is 0 Å². The van der Waals surface area contributed by atoms with Crippen LogP contribution in [0.15, 0.2) is 54.7 Å². The molecule has 0 radical (unpaired) electrons. The van der Waals surface area contributed by atoms with Gasteiger partial charge in [-0.15, -0.1) is 0 Å². The highest BCUT2D eigenvalue weighted by Gasteiger charge is 2.10. The summed E-state index contributed by atoms with van der Waals surface area (Å²) in [5.74, 6) is 1.70. The summed E-state index contributed by atoms with van der Waals surface area (Å²) in [7, 11) is 0. The number of rotatable bonds is 21. The lowest BCUT2D eigenvalue weighted by Crippen LogP contribution is -2.33. The van der Waals surface area contributed by atoms with Gasteiger partial charge < -0.3 is 20.4 Å². The lowest BCUT2D eigenvalue weighted by molar-refractivity contribution is 0.255. The van der Waals surface area contributed by atoms with Crippen LogP contribution in [0.25, 0.3) is 5.70 Å². The lowest BCUT2D eigenvalue weighted by atomic mass is 9.98. The average Bonchev–Trinajstić information content (AvgIpc) is 2.94. The zero-order valence-corrected chi connectivity index (χ0v) is 25.0. The number of anilines is 1. The Labute approximate surface area is 234 Å². The van der Waals surface area contributed by atoms with Crippen molar-refractivity contribution in [3.05, 3.63) is 65.9 Å². The molecule has 0 aliphatic heterocycles.